The first-order valence-electron chi connectivity index (χ1n) is 7.05. The molecule has 0 saturated heterocycles. The Kier molecular flexibility index (Phi) is 4.46. The molecule has 0 aliphatic heterocycles. The van der Waals surface area contributed by atoms with Crippen molar-refractivity contribution in [2.45, 2.75) is 46.1 Å². The molecule has 19 heavy (non-hydrogen) atoms. The molecule has 3 atom stereocenters. The Morgan fingerprint density at radius 3 is 2.63 bits per heavy atom. The summed E-state index contributed by atoms with van der Waals surface area (Å²) in [5, 5.41) is 0. The van der Waals surface area contributed by atoms with Crippen LogP contribution in [-0.2, 0) is 0 Å². The second kappa shape index (κ2) is 5.91. The number of nitrogens with two attached hydrogens (primary N) is 1. The molecule has 0 aromatic heterocycles. The van der Waals surface area contributed by atoms with E-state index in [0.29, 0.717) is 11.1 Å². The molecule has 3 heteroatoms. The van der Waals surface area contributed by atoms with Gasteiger partial charge in [-0.05, 0) is 49.7 Å². The quantitative estimate of drug-likeness (QED) is 0.853. The van der Waals surface area contributed by atoms with Crippen LogP contribution in [0.3, 0.4) is 0 Å². The first-order chi connectivity index (χ1) is 8.99. The van der Waals surface area contributed by atoms with E-state index in [9.17, 15) is 0 Å². The summed E-state index contributed by atoms with van der Waals surface area (Å²) >= 11 is 5.12. The topological polar surface area (TPSA) is 35.2 Å². The SMILES string of the molecule is Cc1cccc(C(N)=S)c1OC1CCC(C)C(C)C1. The number of ether oxygens (including phenoxy) is 1. The van der Waals surface area contributed by atoms with Gasteiger partial charge in [-0.2, -0.15) is 0 Å². The summed E-state index contributed by atoms with van der Waals surface area (Å²) in [6.45, 7) is 6.69. The first-order valence-corrected chi connectivity index (χ1v) is 7.46. The minimum absolute atomic E-state index is 0.292. The van der Waals surface area contributed by atoms with Crippen molar-refractivity contribution >= 4 is 17.2 Å². The number of para-hydroxylation sites is 1. The third kappa shape index (κ3) is 3.27. The molecule has 0 heterocycles. The van der Waals surface area contributed by atoms with Gasteiger partial charge in [-0.1, -0.05) is 38.2 Å². The van der Waals surface area contributed by atoms with E-state index in [2.05, 4.69) is 13.8 Å². The van der Waals surface area contributed by atoms with E-state index >= 15 is 0 Å². The fraction of sp³-hybridized carbons (Fsp3) is 0.562. The van der Waals surface area contributed by atoms with Crippen LogP contribution in [0.25, 0.3) is 0 Å². The molecule has 1 aliphatic rings. The summed E-state index contributed by atoms with van der Waals surface area (Å²) in [5.41, 5.74) is 7.76. The molecule has 0 amide bonds. The maximum absolute atomic E-state index is 6.23. The third-order valence-corrected chi connectivity index (χ3v) is 4.53. The van der Waals surface area contributed by atoms with Gasteiger partial charge in [0, 0.05) is 0 Å². The van der Waals surface area contributed by atoms with Crippen molar-refractivity contribution in [3.63, 3.8) is 0 Å². The van der Waals surface area contributed by atoms with Crippen LogP contribution in [0.4, 0.5) is 0 Å². The molecular formula is C16H23NOS. The van der Waals surface area contributed by atoms with Gasteiger partial charge in [0.15, 0.2) is 0 Å². The fourth-order valence-electron chi connectivity index (χ4n) is 2.77. The normalized spacial score (nSPS) is 27.0. The van der Waals surface area contributed by atoms with Gasteiger partial charge in [-0.15, -0.1) is 0 Å². The van der Waals surface area contributed by atoms with Crippen LogP contribution in [0.15, 0.2) is 18.2 Å². The molecule has 1 saturated carbocycles. The standard InChI is InChI=1S/C16H23NOS/c1-10-7-8-13(9-12(10)3)18-15-11(2)5-4-6-14(15)16(17)19/h4-6,10,12-13H,7-9H2,1-3H3,(H2,17,19). The predicted molar refractivity (Wildman–Crippen MR) is 83.7 cm³/mol. The van der Waals surface area contributed by atoms with E-state index in [1.807, 2.05) is 25.1 Å². The molecule has 1 aliphatic carbocycles. The van der Waals surface area contributed by atoms with Crippen molar-refractivity contribution < 1.29 is 4.74 Å². The van der Waals surface area contributed by atoms with E-state index in [-0.39, 0.29) is 0 Å². The lowest BCUT2D eigenvalue weighted by Gasteiger charge is -2.33. The monoisotopic (exact) mass is 277 g/mol. The largest absolute Gasteiger partial charge is 0.489 e. The average molecular weight is 277 g/mol. The molecule has 2 N–H and O–H groups in total. The van der Waals surface area contributed by atoms with Gasteiger partial charge in [0.1, 0.15) is 10.7 Å². The van der Waals surface area contributed by atoms with Crippen LogP contribution < -0.4 is 10.5 Å². The lowest BCUT2D eigenvalue weighted by atomic mass is 9.80. The Labute approximate surface area is 121 Å². The smallest absolute Gasteiger partial charge is 0.132 e. The summed E-state index contributed by atoms with van der Waals surface area (Å²) < 4.78 is 6.23. The van der Waals surface area contributed by atoms with Gasteiger partial charge in [0.25, 0.3) is 0 Å². The Morgan fingerprint density at radius 2 is 2.00 bits per heavy atom. The van der Waals surface area contributed by atoms with Crippen molar-refractivity contribution in [2.75, 3.05) is 0 Å². The predicted octanol–water partition coefficient (Wildman–Crippen LogP) is 3.83. The van der Waals surface area contributed by atoms with E-state index in [1.54, 1.807) is 0 Å². The molecular weight excluding hydrogens is 254 g/mol. The maximum atomic E-state index is 6.23. The molecule has 0 spiro atoms. The third-order valence-electron chi connectivity index (χ3n) is 4.31. The number of hydrogen-bond acceptors (Lipinski definition) is 2. The molecule has 3 unspecified atom stereocenters. The zero-order valence-corrected chi connectivity index (χ0v) is 12.8. The zero-order valence-electron chi connectivity index (χ0n) is 12.0. The van der Waals surface area contributed by atoms with Gasteiger partial charge in [-0.3, -0.25) is 0 Å². The Bertz CT molecular complexity index is 472. The number of benzene rings is 1. The number of thiocarbonyl (C=S) groups is 1. The highest BCUT2D eigenvalue weighted by atomic mass is 32.1. The van der Waals surface area contributed by atoms with Crippen LogP contribution >= 0.6 is 12.2 Å². The van der Waals surface area contributed by atoms with Crippen molar-refractivity contribution in [1.82, 2.24) is 0 Å². The minimum Gasteiger partial charge on any atom is -0.489 e. The minimum atomic E-state index is 0.292. The van der Waals surface area contributed by atoms with E-state index in [0.717, 1.165) is 41.6 Å². The Balaban J connectivity index is 2.17. The molecule has 1 aromatic rings. The number of rotatable bonds is 3. The van der Waals surface area contributed by atoms with Crippen molar-refractivity contribution in [3.8, 4) is 5.75 Å². The number of aryl methyl sites for hydroxylation is 1. The van der Waals surface area contributed by atoms with Crippen molar-refractivity contribution in [1.29, 1.82) is 0 Å². The second-order valence-corrected chi connectivity index (χ2v) is 6.26. The molecule has 2 rings (SSSR count). The van der Waals surface area contributed by atoms with E-state index in [4.69, 9.17) is 22.7 Å². The average Bonchev–Trinajstić information content (AvgIpc) is 2.36. The first kappa shape index (κ1) is 14.3. The molecule has 0 bridgehead atoms. The molecule has 1 fully saturated rings. The van der Waals surface area contributed by atoms with Gasteiger partial charge >= 0.3 is 0 Å². The molecule has 1 aromatic carbocycles. The van der Waals surface area contributed by atoms with Gasteiger partial charge in [0.2, 0.25) is 0 Å². The van der Waals surface area contributed by atoms with Gasteiger partial charge in [0.05, 0.1) is 11.7 Å². The number of hydrogen-bond donors (Lipinski definition) is 1. The Morgan fingerprint density at radius 1 is 1.26 bits per heavy atom. The van der Waals surface area contributed by atoms with Crippen molar-refractivity contribution in [2.24, 2.45) is 17.6 Å². The summed E-state index contributed by atoms with van der Waals surface area (Å²) in [6, 6.07) is 5.97. The maximum Gasteiger partial charge on any atom is 0.132 e. The van der Waals surface area contributed by atoms with E-state index in [1.165, 1.54) is 6.42 Å². The highest BCUT2D eigenvalue weighted by Crippen LogP contribution is 2.33. The highest BCUT2D eigenvalue weighted by Gasteiger charge is 2.26. The molecule has 0 radical (unpaired) electrons. The molecule has 2 nitrogen and oxygen atoms in total. The van der Waals surface area contributed by atoms with Gasteiger partial charge < -0.3 is 10.5 Å². The molecule has 104 valence electrons. The summed E-state index contributed by atoms with van der Waals surface area (Å²) in [4.78, 5) is 0.413. The second-order valence-electron chi connectivity index (χ2n) is 5.82. The van der Waals surface area contributed by atoms with Crippen molar-refractivity contribution in [3.05, 3.63) is 29.3 Å². The zero-order chi connectivity index (χ0) is 14.0. The van der Waals surface area contributed by atoms with Crippen LogP contribution in [0.1, 0.15) is 44.2 Å². The van der Waals surface area contributed by atoms with Crippen LogP contribution in [0, 0.1) is 18.8 Å². The summed E-state index contributed by atoms with van der Waals surface area (Å²) in [7, 11) is 0. The summed E-state index contributed by atoms with van der Waals surface area (Å²) in [5.74, 6) is 2.39. The van der Waals surface area contributed by atoms with Crippen LogP contribution in [0.2, 0.25) is 0 Å². The van der Waals surface area contributed by atoms with Crippen LogP contribution in [-0.4, -0.2) is 11.1 Å². The lowest BCUT2D eigenvalue weighted by molar-refractivity contribution is 0.0998. The summed E-state index contributed by atoms with van der Waals surface area (Å²) in [6.07, 6.45) is 3.77. The van der Waals surface area contributed by atoms with Crippen LogP contribution in [0.5, 0.6) is 5.75 Å². The lowest BCUT2D eigenvalue weighted by Crippen LogP contribution is -2.29. The Hall–Kier alpha value is -1.09. The fourth-order valence-corrected chi connectivity index (χ4v) is 2.94. The van der Waals surface area contributed by atoms with Gasteiger partial charge in [-0.25, -0.2) is 0 Å². The highest BCUT2D eigenvalue weighted by molar-refractivity contribution is 7.80. The van der Waals surface area contributed by atoms with E-state index < -0.39 is 0 Å².